The molecule has 1 aliphatic heterocycles. The molecule has 4 rings (SSSR count). The van der Waals surface area contributed by atoms with Crippen LogP contribution in [0.2, 0.25) is 0 Å². The maximum atomic E-state index is 12.9. The van der Waals surface area contributed by atoms with Crippen molar-refractivity contribution in [2.45, 2.75) is 31.6 Å². The van der Waals surface area contributed by atoms with Crippen molar-refractivity contribution in [2.24, 2.45) is 0 Å². The molecule has 0 unspecified atom stereocenters. The lowest BCUT2D eigenvalue weighted by Crippen LogP contribution is -2.60. The Morgan fingerprint density at radius 1 is 1.33 bits per heavy atom. The number of anilines is 1. The third-order valence-corrected chi connectivity index (χ3v) is 5.11. The minimum Gasteiger partial charge on any atom is -0.457 e. The maximum Gasteiger partial charge on any atom is 0.325 e. The highest BCUT2D eigenvalue weighted by Gasteiger charge is 2.46. The van der Waals surface area contributed by atoms with E-state index in [4.69, 9.17) is 4.42 Å². The number of aryl methyl sites for hydroxylation is 1. The van der Waals surface area contributed by atoms with Crippen LogP contribution in [-0.4, -0.2) is 22.2 Å². The highest BCUT2D eigenvalue weighted by Crippen LogP contribution is 2.37. The molecule has 1 aliphatic rings. The lowest BCUT2D eigenvalue weighted by molar-refractivity contribution is -0.764. The summed E-state index contributed by atoms with van der Waals surface area (Å²) in [6, 6.07) is 11.0. The van der Waals surface area contributed by atoms with E-state index in [1.807, 2.05) is 56.5 Å². The number of amides is 1. The van der Waals surface area contributed by atoms with Gasteiger partial charge in [0.1, 0.15) is 5.76 Å². The number of furan rings is 1. The van der Waals surface area contributed by atoms with Gasteiger partial charge in [-0.1, -0.05) is 30.8 Å². The van der Waals surface area contributed by atoms with Crippen molar-refractivity contribution in [1.82, 2.24) is 10.1 Å². The third kappa shape index (κ3) is 2.76. The molecule has 0 fully saturated rings. The first-order valence-electron chi connectivity index (χ1n) is 8.63. The summed E-state index contributed by atoms with van der Waals surface area (Å²) in [5.74, 6) is 1.21. The van der Waals surface area contributed by atoms with Crippen molar-refractivity contribution < 1.29 is 13.9 Å². The van der Waals surface area contributed by atoms with Gasteiger partial charge in [-0.3, -0.25) is 14.6 Å². The van der Waals surface area contributed by atoms with E-state index >= 15 is 0 Å². The molecule has 27 heavy (non-hydrogen) atoms. The van der Waals surface area contributed by atoms with Crippen molar-refractivity contribution >= 4 is 23.4 Å². The van der Waals surface area contributed by atoms with Crippen LogP contribution in [-0.2, 0) is 4.79 Å². The smallest absolute Gasteiger partial charge is 0.325 e. The SMILES string of the molecule is CCC(=O)N1c2ccccc2-c2c(=O)[nH]c(SC)n[n+]2[C@H]1c1ccc(C)o1. The van der Waals surface area contributed by atoms with Crippen molar-refractivity contribution in [1.29, 1.82) is 0 Å². The molecule has 0 saturated heterocycles. The standard InChI is InChI=1S/C19H18N4O3S/c1-4-15(24)22-13-8-6-5-7-12(13)16-17(25)20-19(27-3)21-23(16)18(22)14-10-9-11(2)26-14/h5-10,18H,4H2,1-3H3/p+1/t18-/m0/s1. The summed E-state index contributed by atoms with van der Waals surface area (Å²) in [4.78, 5) is 30.3. The summed E-state index contributed by atoms with van der Waals surface area (Å²) in [5.41, 5.74) is 1.49. The average Bonchev–Trinajstić information content (AvgIpc) is 3.11. The zero-order valence-electron chi connectivity index (χ0n) is 15.2. The van der Waals surface area contributed by atoms with Crippen molar-refractivity contribution in [3.8, 4) is 11.3 Å². The minimum atomic E-state index is -0.663. The van der Waals surface area contributed by atoms with E-state index in [1.54, 1.807) is 9.58 Å². The van der Waals surface area contributed by atoms with Crippen molar-refractivity contribution in [2.75, 3.05) is 11.2 Å². The van der Waals surface area contributed by atoms with Gasteiger partial charge in [0, 0.05) is 11.5 Å². The van der Waals surface area contributed by atoms with Crippen molar-refractivity contribution in [3.05, 3.63) is 58.3 Å². The second-order valence-corrected chi connectivity index (χ2v) is 7.01. The predicted molar refractivity (Wildman–Crippen MR) is 102 cm³/mol. The molecule has 0 radical (unpaired) electrons. The Bertz CT molecular complexity index is 1090. The van der Waals surface area contributed by atoms with Gasteiger partial charge >= 0.3 is 17.4 Å². The highest BCUT2D eigenvalue weighted by atomic mass is 32.2. The second-order valence-electron chi connectivity index (χ2n) is 6.21. The number of fused-ring (bicyclic) bond motifs is 3. The van der Waals surface area contributed by atoms with Crippen LogP contribution in [0.5, 0.6) is 0 Å². The fourth-order valence-corrected chi connectivity index (χ4v) is 3.72. The Kier molecular flexibility index (Phi) is 4.35. The topological polar surface area (TPSA) is 83.1 Å². The molecule has 138 valence electrons. The number of thioether (sulfide) groups is 1. The van der Waals surface area contributed by atoms with Gasteiger partial charge in [-0.05, 0) is 42.1 Å². The number of hydrogen-bond acceptors (Lipinski definition) is 5. The highest BCUT2D eigenvalue weighted by molar-refractivity contribution is 7.98. The van der Waals surface area contributed by atoms with Crippen LogP contribution in [0.3, 0.4) is 0 Å². The molecule has 8 heteroatoms. The largest absolute Gasteiger partial charge is 0.457 e. The molecule has 3 aromatic rings. The van der Waals surface area contributed by atoms with Gasteiger partial charge in [0.15, 0.2) is 5.76 Å². The van der Waals surface area contributed by atoms with Crippen LogP contribution in [0.15, 0.2) is 50.8 Å². The number of nitrogens with one attached hydrogen (secondary N) is 1. The Balaban J connectivity index is 2.09. The summed E-state index contributed by atoms with van der Waals surface area (Å²) >= 11 is 1.33. The molecule has 1 atom stereocenters. The Morgan fingerprint density at radius 3 is 2.78 bits per heavy atom. The Hall–Kier alpha value is -2.87. The fourth-order valence-electron chi connectivity index (χ4n) is 3.35. The molecule has 0 aliphatic carbocycles. The summed E-state index contributed by atoms with van der Waals surface area (Å²) in [6.45, 7) is 3.66. The van der Waals surface area contributed by atoms with Gasteiger partial charge in [0.2, 0.25) is 11.1 Å². The first kappa shape index (κ1) is 17.5. The first-order chi connectivity index (χ1) is 13.0. The Morgan fingerprint density at radius 2 is 2.11 bits per heavy atom. The summed E-state index contributed by atoms with van der Waals surface area (Å²) in [7, 11) is 0. The molecule has 0 bridgehead atoms. The van der Waals surface area contributed by atoms with Crippen LogP contribution in [0.1, 0.15) is 31.0 Å². The van der Waals surface area contributed by atoms with Crippen LogP contribution < -0.4 is 15.1 Å². The van der Waals surface area contributed by atoms with E-state index in [-0.39, 0.29) is 11.5 Å². The molecule has 0 spiro atoms. The second kappa shape index (κ2) is 6.70. The molecule has 0 saturated carbocycles. The maximum absolute atomic E-state index is 12.9. The fraction of sp³-hybridized carbons (Fsp3) is 0.263. The van der Waals surface area contributed by atoms with Gasteiger partial charge < -0.3 is 4.42 Å². The van der Waals surface area contributed by atoms with E-state index in [2.05, 4.69) is 10.1 Å². The third-order valence-electron chi connectivity index (χ3n) is 4.54. The van der Waals surface area contributed by atoms with Crippen LogP contribution in [0.25, 0.3) is 11.3 Å². The number of aromatic nitrogens is 3. The van der Waals surface area contributed by atoms with Crippen LogP contribution in [0.4, 0.5) is 5.69 Å². The van der Waals surface area contributed by atoms with Gasteiger partial charge in [-0.2, -0.15) is 0 Å². The van der Waals surface area contributed by atoms with E-state index in [0.29, 0.717) is 34.3 Å². The first-order valence-corrected chi connectivity index (χ1v) is 9.85. The number of hydrogen-bond donors (Lipinski definition) is 1. The Labute approximate surface area is 160 Å². The van der Waals surface area contributed by atoms with E-state index in [0.717, 1.165) is 5.76 Å². The van der Waals surface area contributed by atoms with E-state index in [1.165, 1.54) is 11.8 Å². The van der Waals surface area contributed by atoms with Gasteiger partial charge in [0.05, 0.1) is 11.3 Å². The molecule has 1 N–H and O–H groups in total. The summed E-state index contributed by atoms with van der Waals surface area (Å²) in [6.07, 6.45) is 1.49. The number of aromatic amines is 1. The number of rotatable bonds is 3. The van der Waals surface area contributed by atoms with E-state index < -0.39 is 6.17 Å². The number of benzene rings is 1. The van der Waals surface area contributed by atoms with E-state index in [9.17, 15) is 9.59 Å². The number of carbonyl (C=O) groups excluding carboxylic acids is 1. The summed E-state index contributed by atoms with van der Waals surface area (Å²) < 4.78 is 7.46. The quantitative estimate of drug-likeness (QED) is 0.555. The molecule has 1 aromatic carbocycles. The van der Waals surface area contributed by atoms with Gasteiger partial charge in [-0.25, -0.2) is 4.90 Å². The molecule has 1 amide bonds. The van der Waals surface area contributed by atoms with Gasteiger partial charge in [0.25, 0.3) is 0 Å². The average molecular weight is 383 g/mol. The van der Waals surface area contributed by atoms with Crippen LogP contribution in [0, 0.1) is 6.92 Å². The number of para-hydroxylation sites is 1. The zero-order chi connectivity index (χ0) is 19.1. The molecule has 3 heterocycles. The normalized spacial score (nSPS) is 15.4. The minimum absolute atomic E-state index is 0.0764. The summed E-state index contributed by atoms with van der Waals surface area (Å²) in [5, 5.41) is 5.07. The lowest BCUT2D eigenvalue weighted by atomic mass is 10.0. The van der Waals surface area contributed by atoms with Gasteiger partial charge in [-0.15, -0.1) is 0 Å². The van der Waals surface area contributed by atoms with Crippen LogP contribution >= 0.6 is 11.8 Å². The zero-order valence-corrected chi connectivity index (χ0v) is 16.0. The number of carbonyl (C=O) groups is 1. The number of H-pyrrole nitrogens is 1. The molecular weight excluding hydrogens is 364 g/mol. The predicted octanol–water partition coefficient (Wildman–Crippen LogP) is 2.65. The lowest BCUT2D eigenvalue weighted by Gasteiger charge is -2.30. The van der Waals surface area contributed by atoms with Crippen molar-refractivity contribution in [3.63, 3.8) is 0 Å². The molecule has 7 nitrogen and oxygen atoms in total. The molecule has 2 aromatic heterocycles. The number of nitrogens with zero attached hydrogens (tertiary/aromatic N) is 3. The molecular formula is C19H19N4O3S+. The monoisotopic (exact) mass is 383 g/mol.